The van der Waals surface area contributed by atoms with E-state index in [9.17, 15) is 4.79 Å². The molecule has 0 N–H and O–H groups in total. The summed E-state index contributed by atoms with van der Waals surface area (Å²) in [6.45, 7) is 1.53. The van der Waals surface area contributed by atoms with Gasteiger partial charge >= 0.3 is 0 Å². The number of hydrogen-bond donors (Lipinski definition) is 0. The third kappa shape index (κ3) is 5.09. The molecule has 8 heteroatoms. The van der Waals surface area contributed by atoms with Crippen molar-refractivity contribution in [2.75, 3.05) is 25.4 Å². The summed E-state index contributed by atoms with van der Waals surface area (Å²) in [5.74, 6) is 2.11. The van der Waals surface area contributed by atoms with Crippen LogP contribution in [0.5, 0.6) is 5.75 Å². The molecule has 0 bridgehead atoms. The van der Waals surface area contributed by atoms with Gasteiger partial charge in [0.05, 0.1) is 5.02 Å². The number of ether oxygens (including phenoxy) is 1. The van der Waals surface area contributed by atoms with Crippen LogP contribution in [0.1, 0.15) is 12.8 Å². The molecule has 1 aromatic carbocycles. The maximum absolute atomic E-state index is 12.4. The lowest BCUT2D eigenvalue weighted by molar-refractivity contribution is -0.134. The quantitative estimate of drug-likeness (QED) is 0.667. The Balaban J connectivity index is 1.41. The van der Waals surface area contributed by atoms with E-state index in [-0.39, 0.29) is 12.5 Å². The number of rotatable bonds is 6. The van der Waals surface area contributed by atoms with Crippen LogP contribution >= 0.6 is 35.0 Å². The van der Waals surface area contributed by atoms with E-state index < -0.39 is 0 Å². The summed E-state index contributed by atoms with van der Waals surface area (Å²) in [5, 5.41) is 1.99. The second-order valence-electron chi connectivity index (χ2n) is 6.32. The van der Waals surface area contributed by atoms with Crippen molar-refractivity contribution in [1.82, 2.24) is 14.5 Å². The van der Waals surface area contributed by atoms with Gasteiger partial charge in [-0.15, -0.1) is 0 Å². The molecule has 3 rings (SSSR count). The number of hydrogen-bond acceptors (Lipinski definition) is 4. The molecule has 0 spiro atoms. The Morgan fingerprint density at radius 2 is 2.12 bits per heavy atom. The highest BCUT2D eigenvalue weighted by Gasteiger charge is 2.23. The Bertz CT molecular complexity index is 761. The third-order valence-corrected chi connectivity index (χ3v) is 6.26. The van der Waals surface area contributed by atoms with Crippen LogP contribution in [0.3, 0.4) is 0 Å². The number of imidazole rings is 1. The molecule has 2 heterocycles. The first kappa shape index (κ1) is 19.4. The zero-order valence-electron chi connectivity index (χ0n) is 14.5. The van der Waals surface area contributed by atoms with Gasteiger partial charge < -0.3 is 14.2 Å². The Hall–Kier alpha value is -1.37. The average Bonchev–Trinajstić information content (AvgIpc) is 3.04. The van der Waals surface area contributed by atoms with E-state index in [4.69, 9.17) is 27.9 Å². The number of thioether (sulfide) groups is 1. The van der Waals surface area contributed by atoms with Crippen molar-refractivity contribution in [2.24, 2.45) is 13.0 Å². The minimum Gasteiger partial charge on any atom is -0.482 e. The molecule has 0 radical (unpaired) electrons. The SMILES string of the molecule is Cn1ccnc1SCC1CCN(C(=O)COc2ccc(Cl)cc2Cl)CC1. The van der Waals surface area contributed by atoms with Crippen molar-refractivity contribution in [3.8, 4) is 5.75 Å². The molecule has 140 valence electrons. The molecule has 1 aliphatic rings. The van der Waals surface area contributed by atoms with Crippen molar-refractivity contribution in [1.29, 1.82) is 0 Å². The van der Waals surface area contributed by atoms with Gasteiger partial charge in [0.2, 0.25) is 0 Å². The fourth-order valence-corrected chi connectivity index (χ4v) is 4.44. The summed E-state index contributed by atoms with van der Waals surface area (Å²) >= 11 is 13.7. The lowest BCUT2D eigenvalue weighted by Crippen LogP contribution is -2.41. The molecular weight excluding hydrogens is 393 g/mol. The third-order valence-electron chi connectivity index (χ3n) is 4.44. The summed E-state index contributed by atoms with van der Waals surface area (Å²) in [7, 11) is 2.00. The fourth-order valence-electron chi connectivity index (χ4n) is 2.86. The second-order valence-corrected chi connectivity index (χ2v) is 8.15. The number of amides is 1. The first-order valence-electron chi connectivity index (χ1n) is 8.48. The molecule has 1 saturated heterocycles. The predicted octanol–water partition coefficient (Wildman–Crippen LogP) is 4.14. The first-order chi connectivity index (χ1) is 12.5. The van der Waals surface area contributed by atoms with Gasteiger partial charge in [-0.25, -0.2) is 4.98 Å². The molecule has 0 aliphatic carbocycles. The second kappa shape index (κ2) is 9.02. The molecule has 1 aromatic heterocycles. The van der Waals surface area contributed by atoms with Crippen LogP contribution in [0, 0.1) is 5.92 Å². The van der Waals surface area contributed by atoms with Gasteiger partial charge in [-0.3, -0.25) is 4.79 Å². The molecule has 0 atom stereocenters. The van der Waals surface area contributed by atoms with Crippen LogP contribution in [0.4, 0.5) is 0 Å². The van der Waals surface area contributed by atoms with Gasteiger partial charge in [0.15, 0.2) is 11.8 Å². The highest BCUT2D eigenvalue weighted by atomic mass is 35.5. The van der Waals surface area contributed by atoms with Crippen LogP contribution in [0.25, 0.3) is 0 Å². The van der Waals surface area contributed by atoms with Crippen LogP contribution in [-0.4, -0.2) is 45.8 Å². The molecule has 1 fully saturated rings. The summed E-state index contributed by atoms with van der Waals surface area (Å²) in [4.78, 5) is 18.6. The first-order valence-corrected chi connectivity index (χ1v) is 10.2. The van der Waals surface area contributed by atoms with Gasteiger partial charge in [-0.1, -0.05) is 35.0 Å². The maximum Gasteiger partial charge on any atom is 0.260 e. The minimum absolute atomic E-state index is 0.00591. The Labute approximate surface area is 167 Å². The lowest BCUT2D eigenvalue weighted by Gasteiger charge is -2.31. The van der Waals surface area contributed by atoms with Gasteiger partial charge in [-0.05, 0) is 37.0 Å². The van der Waals surface area contributed by atoms with E-state index in [1.165, 1.54) is 0 Å². The van der Waals surface area contributed by atoms with Gasteiger partial charge in [0, 0.05) is 43.3 Å². The Kier molecular flexibility index (Phi) is 6.73. The van der Waals surface area contributed by atoms with Crippen LogP contribution < -0.4 is 4.74 Å². The lowest BCUT2D eigenvalue weighted by atomic mass is 9.99. The normalized spacial score (nSPS) is 15.3. The fraction of sp³-hybridized carbons (Fsp3) is 0.444. The van der Waals surface area contributed by atoms with Gasteiger partial charge in [-0.2, -0.15) is 0 Å². The highest BCUT2D eigenvalue weighted by molar-refractivity contribution is 7.99. The number of benzene rings is 1. The van der Waals surface area contributed by atoms with Crippen LogP contribution in [0.2, 0.25) is 10.0 Å². The van der Waals surface area contributed by atoms with E-state index >= 15 is 0 Å². The van der Waals surface area contributed by atoms with Crippen LogP contribution in [0.15, 0.2) is 35.7 Å². The summed E-state index contributed by atoms with van der Waals surface area (Å²) in [6.07, 6.45) is 5.78. The smallest absolute Gasteiger partial charge is 0.260 e. The number of carbonyl (C=O) groups excluding carboxylic acids is 1. The maximum atomic E-state index is 12.4. The number of piperidine rings is 1. The van der Waals surface area contributed by atoms with Crippen molar-refractivity contribution >= 4 is 40.9 Å². The van der Waals surface area contributed by atoms with Gasteiger partial charge in [0.1, 0.15) is 5.75 Å². The predicted molar refractivity (Wildman–Crippen MR) is 105 cm³/mol. The highest BCUT2D eigenvalue weighted by Crippen LogP contribution is 2.28. The molecule has 2 aromatic rings. The number of carbonyl (C=O) groups is 1. The molecule has 1 aliphatic heterocycles. The minimum atomic E-state index is -0.00813. The van der Waals surface area contributed by atoms with E-state index in [0.29, 0.717) is 21.7 Å². The summed E-state index contributed by atoms with van der Waals surface area (Å²) in [6, 6.07) is 4.98. The largest absolute Gasteiger partial charge is 0.482 e. The van der Waals surface area contributed by atoms with E-state index in [1.807, 2.05) is 28.9 Å². The zero-order chi connectivity index (χ0) is 18.5. The zero-order valence-corrected chi connectivity index (χ0v) is 16.9. The standard InChI is InChI=1S/C18H21Cl2N3O2S/c1-22-9-6-21-18(22)26-12-13-4-7-23(8-5-13)17(24)11-25-16-3-2-14(19)10-15(16)20/h2-3,6,9-10,13H,4-5,7-8,11-12H2,1H3. The molecular formula is C18H21Cl2N3O2S. The molecule has 1 amide bonds. The van der Waals surface area contributed by atoms with E-state index in [2.05, 4.69) is 4.98 Å². The summed E-state index contributed by atoms with van der Waals surface area (Å²) in [5.41, 5.74) is 0. The summed E-state index contributed by atoms with van der Waals surface area (Å²) < 4.78 is 7.58. The van der Waals surface area contributed by atoms with Crippen molar-refractivity contribution in [3.63, 3.8) is 0 Å². The van der Waals surface area contributed by atoms with Crippen molar-refractivity contribution in [2.45, 2.75) is 18.0 Å². The monoisotopic (exact) mass is 413 g/mol. The number of aromatic nitrogens is 2. The Morgan fingerprint density at radius 3 is 2.77 bits per heavy atom. The van der Waals surface area contributed by atoms with Crippen molar-refractivity contribution < 1.29 is 9.53 Å². The van der Waals surface area contributed by atoms with Crippen molar-refractivity contribution in [3.05, 3.63) is 40.6 Å². The number of nitrogens with zero attached hydrogens (tertiary/aromatic N) is 3. The van der Waals surface area contributed by atoms with E-state index in [1.54, 1.807) is 30.0 Å². The number of likely N-dealkylation sites (tertiary alicyclic amines) is 1. The topological polar surface area (TPSA) is 47.4 Å². The molecule has 26 heavy (non-hydrogen) atoms. The molecule has 0 unspecified atom stereocenters. The number of aryl methyl sites for hydroxylation is 1. The molecule has 5 nitrogen and oxygen atoms in total. The van der Waals surface area contributed by atoms with E-state index in [0.717, 1.165) is 36.8 Å². The average molecular weight is 414 g/mol. The van der Waals surface area contributed by atoms with Crippen LogP contribution in [-0.2, 0) is 11.8 Å². The molecule has 0 saturated carbocycles. The Morgan fingerprint density at radius 1 is 1.35 bits per heavy atom. The van der Waals surface area contributed by atoms with Gasteiger partial charge in [0.25, 0.3) is 5.91 Å². The number of halogens is 2.